The Bertz CT molecular complexity index is 708. The van der Waals surface area contributed by atoms with Crippen LogP contribution in [0.15, 0.2) is 21.4 Å². The number of nitrogens with zero attached hydrogens (tertiary/aromatic N) is 2. The number of rotatable bonds is 0. The summed E-state index contributed by atoms with van der Waals surface area (Å²) in [5, 5.41) is 0. The Morgan fingerprint density at radius 1 is 1.39 bits per heavy atom. The fourth-order valence-electron chi connectivity index (χ4n) is 2.59. The molecule has 0 bridgehead atoms. The first-order valence-corrected chi connectivity index (χ1v) is 5.93. The third-order valence-electron chi connectivity index (χ3n) is 3.37. The predicted octanol–water partition coefficient (Wildman–Crippen LogP) is 1.78. The third kappa shape index (κ3) is 1.23. The van der Waals surface area contributed by atoms with Crippen LogP contribution in [-0.2, 0) is 5.66 Å². The molecular weight excluding hydrogens is 310 g/mol. The average molecular weight is 322 g/mol. The van der Waals surface area contributed by atoms with Gasteiger partial charge in [-0.1, -0.05) is 0 Å². The topological polar surface area (TPSA) is 42.3 Å². The van der Waals surface area contributed by atoms with Gasteiger partial charge in [0.05, 0.1) is 17.3 Å². The number of pyridine rings is 1. The second kappa shape index (κ2) is 3.20. The second-order valence-electron chi connectivity index (χ2n) is 4.54. The first kappa shape index (κ1) is 8.79. The quantitative estimate of drug-likeness (QED) is 0.731. The van der Waals surface area contributed by atoms with E-state index in [0.717, 1.165) is 4.57 Å². The molecule has 0 saturated heterocycles. The van der Waals surface area contributed by atoms with Gasteiger partial charge in [-0.15, -0.1) is 0 Å². The summed E-state index contributed by atoms with van der Waals surface area (Å²) in [6.45, 7) is -2.90. The van der Waals surface area contributed by atoms with Gasteiger partial charge in [-0.25, -0.2) is 8.78 Å². The van der Waals surface area contributed by atoms with Gasteiger partial charge in [0.15, 0.2) is 0 Å². The first-order valence-electron chi connectivity index (χ1n) is 6.64. The zero-order valence-electron chi connectivity index (χ0n) is 11.9. The first-order chi connectivity index (χ1) is 9.50. The maximum atomic E-state index is 13.4. The van der Waals surface area contributed by atoms with E-state index in [1.54, 1.807) is 0 Å². The Hall–Kier alpha value is -1.24. The van der Waals surface area contributed by atoms with Crippen LogP contribution in [0, 0.1) is 0 Å². The molecule has 2 heterocycles. The number of carbonyl (C=O) groups is 1. The summed E-state index contributed by atoms with van der Waals surface area (Å²) in [6.07, 6.45) is -1.76. The zero-order chi connectivity index (χ0) is 15.8. The molecule has 4 nitrogen and oxygen atoms in total. The molecule has 96 valence electrons. The Morgan fingerprint density at radius 3 is 2.61 bits per heavy atom. The highest BCUT2D eigenvalue weighted by molar-refractivity contribution is 9.10. The van der Waals surface area contributed by atoms with Gasteiger partial charge in [0.2, 0.25) is 0 Å². The van der Waals surface area contributed by atoms with E-state index in [1.165, 1.54) is 12.1 Å². The lowest BCUT2D eigenvalue weighted by Gasteiger charge is -2.49. The fraction of sp³-hybridized carbons (Fsp3) is 0.455. The average Bonchev–Trinajstić information content (AvgIpc) is 2.51. The molecule has 0 N–H and O–H groups in total. The van der Waals surface area contributed by atoms with Gasteiger partial charge in [0, 0.05) is 11.1 Å². The van der Waals surface area contributed by atoms with Crippen LogP contribution in [0.5, 0.6) is 0 Å². The number of aromatic nitrogens is 1. The second-order valence-corrected chi connectivity index (χ2v) is 5.39. The number of hydrogen-bond acceptors (Lipinski definition) is 2. The van der Waals surface area contributed by atoms with Crippen molar-refractivity contribution in [1.82, 2.24) is 9.47 Å². The van der Waals surface area contributed by atoms with Gasteiger partial charge >= 0.3 is 0 Å². The number of fused-ring (bicyclic) bond motifs is 2. The van der Waals surface area contributed by atoms with Crippen molar-refractivity contribution < 1.29 is 17.7 Å². The SMILES string of the molecule is [2H]C([2H])([2H])N1C(=O)c2ccc(Br)c(=O)n2C12CC(F)(F)C2. The lowest BCUT2D eigenvalue weighted by molar-refractivity contribution is -0.190. The monoisotopic (exact) mass is 321 g/mol. The molecule has 2 aliphatic rings. The van der Waals surface area contributed by atoms with Crippen molar-refractivity contribution in [2.24, 2.45) is 0 Å². The fourth-order valence-corrected chi connectivity index (χ4v) is 2.90. The van der Waals surface area contributed by atoms with Crippen LogP contribution in [-0.4, -0.2) is 28.3 Å². The van der Waals surface area contributed by atoms with Crippen molar-refractivity contribution in [3.8, 4) is 0 Å². The Balaban J connectivity index is 2.28. The summed E-state index contributed by atoms with van der Waals surface area (Å²) < 4.78 is 50.1. The summed E-state index contributed by atoms with van der Waals surface area (Å²) in [5.74, 6) is -4.04. The van der Waals surface area contributed by atoms with Gasteiger partial charge in [-0.05, 0) is 28.1 Å². The molecular formula is C11H9BrF2N2O2. The van der Waals surface area contributed by atoms with Crippen molar-refractivity contribution in [2.75, 3.05) is 6.98 Å². The third-order valence-corrected chi connectivity index (χ3v) is 3.98. The standard InChI is InChI=1S/C11H9BrF2N2O2/c1-15-9(18)7-3-2-6(12)8(17)16(7)11(15)4-10(13,14)5-11/h2-3H,4-5H2,1H3/i1D3. The molecule has 1 aromatic heterocycles. The van der Waals surface area contributed by atoms with E-state index in [4.69, 9.17) is 4.11 Å². The molecule has 1 saturated carbocycles. The molecule has 1 aromatic rings. The minimum Gasteiger partial charge on any atom is -0.316 e. The Morgan fingerprint density at radius 2 is 2.06 bits per heavy atom. The molecule has 1 fully saturated rings. The molecule has 3 rings (SSSR count). The lowest BCUT2D eigenvalue weighted by atomic mass is 9.80. The molecule has 0 atom stereocenters. The van der Waals surface area contributed by atoms with Crippen molar-refractivity contribution in [2.45, 2.75) is 24.4 Å². The number of carbonyl (C=O) groups excluding carboxylic acids is 1. The van der Waals surface area contributed by atoms with Gasteiger partial charge in [0.1, 0.15) is 11.4 Å². The highest BCUT2D eigenvalue weighted by atomic mass is 79.9. The largest absolute Gasteiger partial charge is 0.316 e. The summed E-state index contributed by atoms with van der Waals surface area (Å²) in [6, 6.07) is 2.57. The number of hydrogen-bond donors (Lipinski definition) is 0. The molecule has 18 heavy (non-hydrogen) atoms. The summed E-state index contributed by atoms with van der Waals surface area (Å²) in [4.78, 5) is 24.9. The predicted molar refractivity (Wildman–Crippen MR) is 62.7 cm³/mol. The highest BCUT2D eigenvalue weighted by Crippen LogP contribution is 2.54. The van der Waals surface area contributed by atoms with Crippen molar-refractivity contribution in [3.05, 3.63) is 32.7 Å². The molecule has 0 aromatic carbocycles. The minimum atomic E-state index is -3.10. The van der Waals surface area contributed by atoms with Crippen LogP contribution in [0.1, 0.15) is 27.4 Å². The maximum Gasteiger partial charge on any atom is 0.272 e. The molecule has 0 unspecified atom stereocenters. The summed E-state index contributed by atoms with van der Waals surface area (Å²) in [5.41, 5.74) is -2.69. The molecule has 1 spiro atoms. The molecule has 0 radical (unpaired) electrons. The minimum absolute atomic E-state index is 0.0843. The highest BCUT2D eigenvalue weighted by Gasteiger charge is 2.65. The van der Waals surface area contributed by atoms with E-state index in [-0.39, 0.29) is 10.2 Å². The van der Waals surface area contributed by atoms with Crippen LogP contribution in [0.4, 0.5) is 8.78 Å². The Labute approximate surface area is 114 Å². The summed E-state index contributed by atoms with van der Waals surface area (Å²) in [7, 11) is 0. The van der Waals surface area contributed by atoms with Crippen LogP contribution in [0.3, 0.4) is 0 Å². The van der Waals surface area contributed by atoms with E-state index in [2.05, 4.69) is 15.9 Å². The van der Waals surface area contributed by atoms with Crippen LogP contribution in [0.2, 0.25) is 0 Å². The summed E-state index contributed by atoms with van der Waals surface area (Å²) >= 11 is 2.98. The molecule has 1 aliphatic heterocycles. The number of amides is 1. The normalized spacial score (nSPS) is 26.3. The maximum absolute atomic E-state index is 13.4. The molecule has 7 heteroatoms. The smallest absolute Gasteiger partial charge is 0.272 e. The van der Waals surface area contributed by atoms with Gasteiger partial charge < -0.3 is 4.90 Å². The van der Waals surface area contributed by atoms with Crippen molar-refractivity contribution >= 4 is 21.8 Å². The zero-order valence-corrected chi connectivity index (χ0v) is 10.5. The van der Waals surface area contributed by atoms with E-state index in [9.17, 15) is 18.4 Å². The van der Waals surface area contributed by atoms with E-state index >= 15 is 0 Å². The number of alkyl halides is 2. The van der Waals surface area contributed by atoms with E-state index in [1.807, 2.05) is 0 Å². The lowest BCUT2D eigenvalue weighted by Crippen LogP contribution is -2.61. The van der Waals surface area contributed by atoms with Crippen molar-refractivity contribution in [1.29, 1.82) is 0 Å². The van der Waals surface area contributed by atoms with E-state index < -0.39 is 42.9 Å². The van der Waals surface area contributed by atoms with Crippen molar-refractivity contribution in [3.63, 3.8) is 0 Å². The van der Waals surface area contributed by atoms with Gasteiger partial charge in [0.25, 0.3) is 17.4 Å². The van der Waals surface area contributed by atoms with Crippen LogP contribution in [0.25, 0.3) is 0 Å². The number of halogens is 3. The van der Waals surface area contributed by atoms with Gasteiger partial charge in [-0.2, -0.15) is 0 Å². The van der Waals surface area contributed by atoms with E-state index in [0.29, 0.717) is 4.90 Å². The van der Waals surface area contributed by atoms with Gasteiger partial charge in [-0.3, -0.25) is 14.2 Å². The van der Waals surface area contributed by atoms with Crippen LogP contribution < -0.4 is 5.56 Å². The Kier molecular flexibility index (Phi) is 1.56. The molecule has 1 amide bonds. The molecule has 1 aliphatic carbocycles. The van der Waals surface area contributed by atoms with Crippen LogP contribution >= 0.6 is 15.9 Å².